The molecule has 0 amide bonds. The monoisotopic (exact) mass is 279 g/mol. The molecule has 0 saturated carbocycles. The highest BCUT2D eigenvalue weighted by Gasteiger charge is 2.21. The molecule has 2 aliphatic rings. The smallest absolute Gasteiger partial charge is 0.335 e. The molecule has 0 spiro atoms. The summed E-state index contributed by atoms with van der Waals surface area (Å²) < 4.78 is 16.1. The summed E-state index contributed by atoms with van der Waals surface area (Å²) in [6.45, 7) is 4.41. The van der Waals surface area contributed by atoms with Crippen LogP contribution in [-0.4, -0.2) is 49.1 Å². The molecule has 0 radical (unpaired) electrons. The first-order valence-electron chi connectivity index (χ1n) is 6.64. The SMILES string of the molecule is O=C(O)c1cc2c(c(CN3CCOCC3)c1)OCOC2. The fourth-order valence-electron chi connectivity index (χ4n) is 2.54. The highest BCUT2D eigenvalue weighted by atomic mass is 16.7. The number of ether oxygens (including phenoxy) is 3. The van der Waals surface area contributed by atoms with Crippen molar-refractivity contribution in [2.75, 3.05) is 33.1 Å². The zero-order valence-electron chi connectivity index (χ0n) is 11.1. The Kier molecular flexibility index (Phi) is 3.86. The zero-order chi connectivity index (χ0) is 13.9. The minimum absolute atomic E-state index is 0.218. The van der Waals surface area contributed by atoms with Gasteiger partial charge in [-0.25, -0.2) is 4.79 Å². The van der Waals surface area contributed by atoms with Crippen LogP contribution in [0.2, 0.25) is 0 Å². The molecule has 2 heterocycles. The van der Waals surface area contributed by atoms with Crippen LogP contribution in [0.25, 0.3) is 0 Å². The van der Waals surface area contributed by atoms with Crippen molar-refractivity contribution in [3.63, 3.8) is 0 Å². The van der Waals surface area contributed by atoms with E-state index in [4.69, 9.17) is 14.2 Å². The Morgan fingerprint density at radius 2 is 2.05 bits per heavy atom. The standard InChI is InChI=1S/C14H17NO5/c16-14(17)10-5-11(7-15-1-3-18-4-2-15)13-12(6-10)8-19-9-20-13/h5-6H,1-4,7-9H2,(H,16,17). The summed E-state index contributed by atoms with van der Waals surface area (Å²) in [5.41, 5.74) is 1.99. The van der Waals surface area contributed by atoms with Crippen molar-refractivity contribution in [3.8, 4) is 5.75 Å². The van der Waals surface area contributed by atoms with Gasteiger partial charge in [0.2, 0.25) is 0 Å². The van der Waals surface area contributed by atoms with Crippen molar-refractivity contribution < 1.29 is 24.1 Å². The van der Waals surface area contributed by atoms with Gasteiger partial charge in [-0.15, -0.1) is 0 Å². The summed E-state index contributed by atoms with van der Waals surface area (Å²) in [6.07, 6.45) is 0. The van der Waals surface area contributed by atoms with Gasteiger partial charge in [-0.2, -0.15) is 0 Å². The Morgan fingerprint density at radius 1 is 1.25 bits per heavy atom. The number of morpholine rings is 1. The van der Waals surface area contributed by atoms with Crippen molar-refractivity contribution in [3.05, 3.63) is 28.8 Å². The maximum atomic E-state index is 11.2. The largest absolute Gasteiger partial charge is 0.478 e. The van der Waals surface area contributed by atoms with Gasteiger partial charge in [0.15, 0.2) is 6.79 Å². The summed E-state index contributed by atoms with van der Waals surface area (Å²) in [5.74, 6) is -0.158. The van der Waals surface area contributed by atoms with Gasteiger partial charge in [-0.05, 0) is 12.1 Å². The molecule has 1 N–H and O–H groups in total. The van der Waals surface area contributed by atoms with Gasteiger partial charge in [-0.1, -0.05) is 0 Å². The molecule has 0 aliphatic carbocycles. The number of hydrogen-bond donors (Lipinski definition) is 1. The van der Waals surface area contributed by atoms with Crippen molar-refractivity contribution in [2.24, 2.45) is 0 Å². The van der Waals surface area contributed by atoms with E-state index in [9.17, 15) is 9.90 Å². The lowest BCUT2D eigenvalue weighted by Crippen LogP contribution is -2.36. The molecule has 1 saturated heterocycles. The minimum Gasteiger partial charge on any atom is -0.478 e. The van der Waals surface area contributed by atoms with Crippen molar-refractivity contribution in [2.45, 2.75) is 13.2 Å². The lowest BCUT2D eigenvalue weighted by molar-refractivity contribution is -0.0183. The predicted molar refractivity (Wildman–Crippen MR) is 69.8 cm³/mol. The summed E-state index contributed by atoms with van der Waals surface area (Å²) in [6, 6.07) is 3.32. The predicted octanol–water partition coefficient (Wildman–Crippen LogP) is 1.08. The van der Waals surface area contributed by atoms with E-state index in [2.05, 4.69) is 4.90 Å². The maximum Gasteiger partial charge on any atom is 0.335 e. The molecule has 0 unspecified atom stereocenters. The lowest BCUT2D eigenvalue weighted by atomic mass is 10.0. The summed E-state index contributed by atoms with van der Waals surface area (Å²) in [4.78, 5) is 13.5. The molecule has 0 aromatic heterocycles. The van der Waals surface area contributed by atoms with Crippen LogP contribution in [0.15, 0.2) is 12.1 Å². The van der Waals surface area contributed by atoms with E-state index >= 15 is 0 Å². The third-order valence-electron chi connectivity index (χ3n) is 3.53. The van der Waals surface area contributed by atoms with Gasteiger partial charge in [0.05, 0.1) is 25.4 Å². The van der Waals surface area contributed by atoms with Gasteiger partial charge < -0.3 is 19.3 Å². The van der Waals surface area contributed by atoms with Crippen molar-refractivity contribution in [1.29, 1.82) is 0 Å². The number of carboxylic acids is 1. The molecule has 3 rings (SSSR count). The number of hydrogen-bond acceptors (Lipinski definition) is 5. The number of fused-ring (bicyclic) bond motifs is 1. The quantitative estimate of drug-likeness (QED) is 0.893. The second-order valence-electron chi connectivity index (χ2n) is 4.93. The zero-order valence-corrected chi connectivity index (χ0v) is 11.1. The van der Waals surface area contributed by atoms with Crippen LogP contribution in [-0.2, 0) is 22.6 Å². The topological polar surface area (TPSA) is 68.2 Å². The van der Waals surface area contributed by atoms with E-state index in [0.717, 1.165) is 30.0 Å². The van der Waals surface area contributed by atoms with Gasteiger partial charge in [-0.3, -0.25) is 4.90 Å². The Bertz CT molecular complexity index is 511. The average Bonchev–Trinajstić information content (AvgIpc) is 2.48. The van der Waals surface area contributed by atoms with Crippen LogP contribution in [0.4, 0.5) is 0 Å². The lowest BCUT2D eigenvalue weighted by Gasteiger charge is -2.29. The van der Waals surface area contributed by atoms with Crippen LogP contribution < -0.4 is 4.74 Å². The molecule has 1 aromatic carbocycles. The second kappa shape index (κ2) is 5.78. The Hall–Kier alpha value is -1.63. The third kappa shape index (κ3) is 2.77. The molecule has 0 atom stereocenters. The molecule has 2 aliphatic heterocycles. The normalized spacial score (nSPS) is 19.2. The van der Waals surface area contributed by atoms with E-state index in [1.165, 1.54) is 0 Å². The molecule has 108 valence electrons. The highest BCUT2D eigenvalue weighted by molar-refractivity contribution is 5.88. The number of carboxylic acid groups (broad SMARTS) is 1. The van der Waals surface area contributed by atoms with E-state index < -0.39 is 5.97 Å². The first-order valence-corrected chi connectivity index (χ1v) is 6.64. The molecular weight excluding hydrogens is 262 g/mol. The first kappa shape index (κ1) is 13.4. The van der Waals surface area contributed by atoms with E-state index in [-0.39, 0.29) is 12.4 Å². The van der Waals surface area contributed by atoms with Gasteiger partial charge in [0.1, 0.15) is 5.75 Å². The summed E-state index contributed by atoms with van der Waals surface area (Å²) in [5, 5.41) is 9.20. The number of benzene rings is 1. The molecule has 20 heavy (non-hydrogen) atoms. The molecule has 0 bridgehead atoms. The molecule has 6 heteroatoms. The third-order valence-corrected chi connectivity index (χ3v) is 3.53. The van der Waals surface area contributed by atoms with Crippen LogP contribution >= 0.6 is 0 Å². The van der Waals surface area contributed by atoms with E-state index in [1.54, 1.807) is 12.1 Å². The maximum absolute atomic E-state index is 11.2. The Balaban J connectivity index is 1.90. The Morgan fingerprint density at radius 3 is 2.80 bits per heavy atom. The molecular formula is C14H17NO5. The number of rotatable bonds is 3. The van der Waals surface area contributed by atoms with Gasteiger partial charge in [0, 0.05) is 30.8 Å². The number of nitrogens with zero attached hydrogens (tertiary/aromatic N) is 1. The number of carbonyl (C=O) groups is 1. The van der Waals surface area contributed by atoms with Gasteiger partial charge >= 0.3 is 5.97 Å². The second-order valence-corrected chi connectivity index (χ2v) is 4.93. The van der Waals surface area contributed by atoms with E-state index in [1.807, 2.05) is 0 Å². The van der Waals surface area contributed by atoms with Crippen LogP contribution in [0.3, 0.4) is 0 Å². The van der Waals surface area contributed by atoms with E-state index in [0.29, 0.717) is 26.4 Å². The fraction of sp³-hybridized carbons (Fsp3) is 0.500. The molecule has 1 aromatic rings. The Labute approximate surface area is 116 Å². The molecule has 1 fully saturated rings. The number of aromatic carboxylic acids is 1. The fourth-order valence-corrected chi connectivity index (χ4v) is 2.54. The summed E-state index contributed by atoms with van der Waals surface area (Å²) in [7, 11) is 0. The van der Waals surface area contributed by atoms with Crippen LogP contribution in [0.5, 0.6) is 5.75 Å². The minimum atomic E-state index is -0.929. The van der Waals surface area contributed by atoms with Crippen molar-refractivity contribution in [1.82, 2.24) is 4.90 Å². The first-order chi connectivity index (χ1) is 9.74. The van der Waals surface area contributed by atoms with Crippen LogP contribution in [0.1, 0.15) is 21.5 Å². The average molecular weight is 279 g/mol. The summed E-state index contributed by atoms with van der Waals surface area (Å²) >= 11 is 0. The van der Waals surface area contributed by atoms with Gasteiger partial charge in [0.25, 0.3) is 0 Å². The van der Waals surface area contributed by atoms with Crippen LogP contribution in [0, 0.1) is 0 Å². The highest BCUT2D eigenvalue weighted by Crippen LogP contribution is 2.31. The van der Waals surface area contributed by atoms with Crippen molar-refractivity contribution >= 4 is 5.97 Å². The molecule has 6 nitrogen and oxygen atoms in total.